The molecule has 0 atom stereocenters. The number of rotatable bonds is 4. The number of para-hydroxylation sites is 1. The average Bonchev–Trinajstić information content (AvgIpc) is 2.19. The summed E-state index contributed by atoms with van der Waals surface area (Å²) in [6.07, 6.45) is 0.575. The highest BCUT2D eigenvalue weighted by molar-refractivity contribution is 5.92. The molecule has 0 saturated heterocycles. The number of carbonyl (C=O) groups excluding carboxylic acids is 1. The zero-order valence-electron chi connectivity index (χ0n) is 11.5. The molecule has 1 N–H and O–H groups in total. The number of hydrogen-bond acceptors (Lipinski definition) is 1. The van der Waals surface area contributed by atoms with Gasteiger partial charge < -0.3 is 5.32 Å². The van der Waals surface area contributed by atoms with Gasteiger partial charge in [0.1, 0.15) is 0 Å². The Balaban J connectivity index is 2.93. The van der Waals surface area contributed by atoms with E-state index in [0.29, 0.717) is 18.3 Å². The van der Waals surface area contributed by atoms with E-state index in [1.807, 2.05) is 19.1 Å². The summed E-state index contributed by atoms with van der Waals surface area (Å²) < 4.78 is 0. The van der Waals surface area contributed by atoms with Gasteiger partial charge in [-0.15, -0.1) is 0 Å². The Labute approximate surface area is 104 Å². The Kier molecular flexibility index (Phi) is 4.73. The van der Waals surface area contributed by atoms with Gasteiger partial charge in [-0.25, -0.2) is 0 Å². The first kappa shape index (κ1) is 13.8. The Hall–Kier alpha value is -1.31. The second kappa shape index (κ2) is 5.85. The summed E-state index contributed by atoms with van der Waals surface area (Å²) in [6.45, 7) is 10.4. The van der Waals surface area contributed by atoms with E-state index in [1.54, 1.807) is 0 Å². The Bertz CT molecular complexity index is 394. The first-order valence-electron chi connectivity index (χ1n) is 6.31. The van der Waals surface area contributed by atoms with E-state index in [2.05, 4.69) is 39.1 Å². The van der Waals surface area contributed by atoms with Gasteiger partial charge >= 0.3 is 0 Å². The quantitative estimate of drug-likeness (QED) is 0.833. The summed E-state index contributed by atoms with van der Waals surface area (Å²) in [5.41, 5.74) is 3.34. The van der Waals surface area contributed by atoms with Crippen LogP contribution < -0.4 is 5.32 Å². The molecular weight excluding hydrogens is 210 g/mol. The predicted octanol–water partition coefficient (Wildman–Crippen LogP) is 4.10. The molecule has 0 bridgehead atoms. The minimum absolute atomic E-state index is 0.108. The molecule has 2 heteroatoms. The fraction of sp³-hybridized carbons (Fsp3) is 0.533. The zero-order chi connectivity index (χ0) is 13.0. The molecule has 1 amide bonds. The van der Waals surface area contributed by atoms with Gasteiger partial charge in [-0.3, -0.25) is 4.79 Å². The van der Waals surface area contributed by atoms with Gasteiger partial charge in [0.05, 0.1) is 0 Å². The van der Waals surface area contributed by atoms with Crippen molar-refractivity contribution in [2.75, 3.05) is 5.32 Å². The molecule has 0 saturated carbocycles. The van der Waals surface area contributed by atoms with Crippen LogP contribution in [0.4, 0.5) is 5.69 Å². The fourth-order valence-corrected chi connectivity index (χ4v) is 1.90. The third-order valence-electron chi connectivity index (χ3n) is 2.79. The number of aryl methyl sites for hydroxylation is 1. The summed E-state index contributed by atoms with van der Waals surface area (Å²) in [5.74, 6) is 0.918. The molecule has 2 nitrogen and oxygen atoms in total. The van der Waals surface area contributed by atoms with Crippen LogP contribution in [0, 0.1) is 12.8 Å². The highest BCUT2D eigenvalue weighted by atomic mass is 16.1. The van der Waals surface area contributed by atoms with Crippen LogP contribution in [0.5, 0.6) is 0 Å². The molecule has 0 aliphatic heterocycles. The van der Waals surface area contributed by atoms with Crippen LogP contribution in [0.25, 0.3) is 0 Å². The predicted molar refractivity (Wildman–Crippen MR) is 73.4 cm³/mol. The number of anilines is 1. The maximum atomic E-state index is 11.8. The molecule has 0 heterocycles. The van der Waals surface area contributed by atoms with E-state index in [0.717, 1.165) is 11.3 Å². The lowest BCUT2D eigenvalue weighted by Crippen LogP contribution is -2.16. The normalized spacial score (nSPS) is 11.0. The molecule has 0 radical (unpaired) electrons. The first-order valence-corrected chi connectivity index (χ1v) is 6.31. The molecule has 0 unspecified atom stereocenters. The Morgan fingerprint density at radius 1 is 1.24 bits per heavy atom. The zero-order valence-corrected chi connectivity index (χ0v) is 11.5. The molecular formula is C15H23NO. The lowest BCUT2D eigenvalue weighted by molar-refractivity contribution is -0.116. The molecule has 1 aromatic carbocycles. The average molecular weight is 233 g/mol. The largest absolute Gasteiger partial charge is 0.326 e. The standard InChI is InChI=1S/C15H23NO/c1-10(2)9-14(17)16-15-12(5)7-6-8-13(15)11(3)4/h6-8,10-11H,9H2,1-5H3,(H,16,17). The van der Waals surface area contributed by atoms with Crippen LogP contribution in [0.15, 0.2) is 18.2 Å². The molecule has 94 valence electrons. The van der Waals surface area contributed by atoms with Crippen LogP contribution >= 0.6 is 0 Å². The van der Waals surface area contributed by atoms with Gasteiger partial charge in [0.15, 0.2) is 0 Å². The molecule has 1 aromatic rings. The van der Waals surface area contributed by atoms with Crippen LogP contribution in [-0.2, 0) is 4.79 Å². The molecule has 0 aliphatic rings. The van der Waals surface area contributed by atoms with Gasteiger partial charge in [-0.1, -0.05) is 45.9 Å². The summed E-state index contributed by atoms with van der Waals surface area (Å²) in [4.78, 5) is 11.8. The van der Waals surface area contributed by atoms with Crippen LogP contribution in [-0.4, -0.2) is 5.91 Å². The molecule has 0 fully saturated rings. The first-order chi connectivity index (χ1) is 7.91. The van der Waals surface area contributed by atoms with Crippen molar-refractivity contribution >= 4 is 11.6 Å². The van der Waals surface area contributed by atoms with E-state index in [-0.39, 0.29) is 5.91 Å². The van der Waals surface area contributed by atoms with Gasteiger partial charge in [0.2, 0.25) is 5.91 Å². The van der Waals surface area contributed by atoms with Crippen molar-refractivity contribution in [3.8, 4) is 0 Å². The second-order valence-corrected chi connectivity index (χ2v) is 5.34. The fourth-order valence-electron chi connectivity index (χ4n) is 1.90. The van der Waals surface area contributed by atoms with Crippen molar-refractivity contribution in [2.24, 2.45) is 5.92 Å². The van der Waals surface area contributed by atoms with Crippen LogP contribution in [0.1, 0.15) is 51.2 Å². The van der Waals surface area contributed by atoms with Gasteiger partial charge in [-0.2, -0.15) is 0 Å². The van der Waals surface area contributed by atoms with E-state index in [4.69, 9.17) is 0 Å². The number of carbonyl (C=O) groups is 1. The smallest absolute Gasteiger partial charge is 0.224 e. The Morgan fingerprint density at radius 3 is 2.41 bits per heavy atom. The maximum absolute atomic E-state index is 11.8. The third-order valence-corrected chi connectivity index (χ3v) is 2.79. The number of amides is 1. The highest BCUT2D eigenvalue weighted by Gasteiger charge is 2.12. The summed E-state index contributed by atoms with van der Waals surface area (Å²) in [6, 6.07) is 6.17. The topological polar surface area (TPSA) is 29.1 Å². The highest BCUT2D eigenvalue weighted by Crippen LogP contribution is 2.27. The molecule has 1 rings (SSSR count). The summed E-state index contributed by atoms with van der Waals surface area (Å²) in [5, 5.41) is 3.05. The molecule has 0 aliphatic carbocycles. The van der Waals surface area contributed by atoms with E-state index < -0.39 is 0 Å². The van der Waals surface area contributed by atoms with Crippen LogP contribution in [0.3, 0.4) is 0 Å². The SMILES string of the molecule is Cc1cccc(C(C)C)c1NC(=O)CC(C)C. The van der Waals surface area contributed by atoms with Crippen molar-refractivity contribution in [2.45, 2.75) is 47.0 Å². The van der Waals surface area contributed by atoms with Gasteiger partial charge in [-0.05, 0) is 29.9 Å². The second-order valence-electron chi connectivity index (χ2n) is 5.34. The number of nitrogens with one attached hydrogen (secondary N) is 1. The minimum Gasteiger partial charge on any atom is -0.326 e. The molecule has 17 heavy (non-hydrogen) atoms. The van der Waals surface area contributed by atoms with Crippen LogP contribution in [0.2, 0.25) is 0 Å². The van der Waals surface area contributed by atoms with Gasteiger partial charge in [0.25, 0.3) is 0 Å². The van der Waals surface area contributed by atoms with Crippen molar-refractivity contribution in [1.29, 1.82) is 0 Å². The minimum atomic E-state index is 0.108. The van der Waals surface area contributed by atoms with Crippen molar-refractivity contribution in [3.63, 3.8) is 0 Å². The van der Waals surface area contributed by atoms with Crippen molar-refractivity contribution in [3.05, 3.63) is 29.3 Å². The van der Waals surface area contributed by atoms with Crippen molar-refractivity contribution in [1.82, 2.24) is 0 Å². The molecule has 0 spiro atoms. The summed E-state index contributed by atoms with van der Waals surface area (Å²) >= 11 is 0. The van der Waals surface area contributed by atoms with Crippen molar-refractivity contribution < 1.29 is 4.79 Å². The van der Waals surface area contributed by atoms with E-state index in [1.165, 1.54) is 5.56 Å². The monoisotopic (exact) mass is 233 g/mol. The lowest BCUT2D eigenvalue weighted by atomic mass is 9.98. The van der Waals surface area contributed by atoms with Gasteiger partial charge in [0, 0.05) is 12.1 Å². The maximum Gasteiger partial charge on any atom is 0.224 e. The lowest BCUT2D eigenvalue weighted by Gasteiger charge is -2.17. The number of hydrogen-bond donors (Lipinski definition) is 1. The summed E-state index contributed by atoms with van der Waals surface area (Å²) in [7, 11) is 0. The third kappa shape index (κ3) is 3.88. The number of benzene rings is 1. The van der Waals surface area contributed by atoms with E-state index in [9.17, 15) is 4.79 Å². The van der Waals surface area contributed by atoms with E-state index >= 15 is 0 Å². The Morgan fingerprint density at radius 2 is 1.88 bits per heavy atom. The molecule has 0 aromatic heterocycles.